The minimum atomic E-state index is -0.382. The standard InChI is InChI=1S/C38H58N2O4.BrH/c1-5-19-40(28-9-7-6-8-10-28)20-16-27(17-21-40)39-35(44)14-11-25(2)30-12-13-31-36-32(24-34(43)38(30,31)4)37(3)18-15-29(41)22-26(37)23-33(36)42;/h5-10,25-27,29-34,36,41-43H,1,11-24H2,2-4H3;1H/t25-,26+,27?,29-,30-,31+,32+,33-,34+,36+,37+,38-,40?;/m1./s1. The Morgan fingerprint density at radius 1 is 1.02 bits per heavy atom. The summed E-state index contributed by atoms with van der Waals surface area (Å²) < 4.78 is 0.913. The van der Waals surface area contributed by atoms with Crippen molar-refractivity contribution in [2.45, 2.75) is 116 Å². The molecule has 5 fully saturated rings. The number of hydrogen-bond donors (Lipinski definition) is 4. The molecule has 1 aromatic carbocycles. The Hall–Kier alpha value is -1.25. The maximum Gasteiger partial charge on any atom is 0.220 e. The zero-order valence-electron chi connectivity index (χ0n) is 27.9. The number of benzene rings is 1. The predicted octanol–water partition coefficient (Wildman–Crippen LogP) is 2.84. The number of quaternary nitrogens is 1. The van der Waals surface area contributed by atoms with E-state index in [2.05, 4.69) is 63.0 Å². The molecule has 0 radical (unpaired) electrons. The number of carbonyl (C=O) groups excluding carboxylic acids is 1. The Kier molecular flexibility index (Phi) is 10.7. The van der Waals surface area contributed by atoms with Crippen LogP contribution < -0.4 is 26.8 Å². The van der Waals surface area contributed by atoms with Crippen LogP contribution in [-0.2, 0) is 4.79 Å². The van der Waals surface area contributed by atoms with Crippen LogP contribution in [0.4, 0.5) is 5.69 Å². The van der Waals surface area contributed by atoms with Gasteiger partial charge in [-0.3, -0.25) is 9.28 Å². The maximum atomic E-state index is 13.2. The number of rotatable bonds is 8. The van der Waals surface area contributed by atoms with E-state index >= 15 is 0 Å². The number of amides is 1. The summed E-state index contributed by atoms with van der Waals surface area (Å²) in [6.45, 7) is 13.9. The molecule has 1 aliphatic heterocycles. The van der Waals surface area contributed by atoms with Crippen LogP contribution in [0.1, 0.15) is 91.4 Å². The molecule has 5 aliphatic rings. The SMILES string of the molecule is C=CC[N+]1(c2ccccc2)CCC(NC(=O)CC[C@@H](C)[C@H]2CC[C@H]3[C@@H]4[C@H](O)C[C@@H]5C[C@H](O)CC[C@]5(C)[C@H]4C[C@H](O)[C@]23C)CC1.[Br-]. The second-order valence-corrected chi connectivity index (χ2v) is 16.3. The van der Waals surface area contributed by atoms with Gasteiger partial charge in [-0.1, -0.05) is 45.5 Å². The highest BCUT2D eigenvalue weighted by molar-refractivity contribution is 5.76. The molecule has 6 nitrogen and oxygen atoms in total. The van der Waals surface area contributed by atoms with Crippen molar-refractivity contribution in [3.63, 3.8) is 0 Å². The zero-order valence-corrected chi connectivity index (χ0v) is 29.5. The van der Waals surface area contributed by atoms with Gasteiger partial charge in [0, 0.05) is 25.3 Å². The van der Waals surface area contributed by atoms with Crippen LogP contribution >= 0.6 is 0 Å². The Bertz CT molecular complexity index is 1170. The predicted molar refractivity (Wildman–Crippen MR) is 177 cm³/mol. The number of aliphatic hydroxyl groups is 3. The van der Waals surface area contributed by atoms with Crippen LogP contribution in [0.15, 0.2) is 43.0 Å². The number of likely N-dealkylation sites (tertiary alicyclic amines) is 1. The Morgan fingerprint density at radius 3 is 2.42 bits per heavy atom. The first kappa shape index (κ1) is 35.1. The monoisotopic (exact) mass is 686 g/mol. The molecule has 1 heterocycles. The first-order valence-electron chi connectivity index (χ1n) is 17.9. The number of carbonyl (C=O) groups is 1. The van der Waals surface area contributed by atoms with Crippen LogP contribution in [-0.4, -0.2) is 65.2 Å². The molecule has 4 aliphatic carbocycles. The second kappa shape index (κ2) is 13.7. The Labute approximate surface area is 282 Å². The van der Waals surface area contributed by atoms with Crippen LogP contribution in [0.5, 0.6) is 0 Å². The summed E-state index contributed by atoms with van der Waals surface area (Å²) in [6, 6.07) is 10.9. The molecule has 1 saturated heterocycles. The van der Waals surface area contributed by atoms with E-state index in [1.54, 1.807) is 0 Å². The van der Waals surface area contributed by atoms with Gasteiger partial charge in [-0.15, -0.1) is 0 Å². The molecule has 11 atom stereocenters. The van der Waals surface area contributed by atoms with Crippen molar-refractivity contribution in [2.24, 2.45) is 46.3 Å². The maximum absolute atomic E-state index is 13.2. The fourth-order valence-electron chi connectivity index (χ4n) is 11.7. The summed E-state index contributed by atoms with van der Waals surface area (Å²) in [5, 5.41) is 37.2. The van der Waals surface area contributed by atoms with Gasteiger partial charge in [-0.25, -0.2) is 0 Å². The highest BCUT2D eigenvalue weighted by Gasteiger charge is 2.65. The topological polar surface area (TPSA) is 89.8 Å². The van der Waals surface area contributed by atoms with E-state index in [0.717, 1.165) is 88.3 Å². The molecule has 6 rings (SSSR count). The lowest BCUT2D eigenvalue weighted by Gasteiger charge is -2.63. The normalized spacial score (nSPS) is 44.8. The summed E-state index contributed by atoms with van der Waals surface area (Å²) in [7, 11) is 0. The van der Waals surface area contributed by atoms with Gasteiger partial charge < -0.3 is 37.6 Å². The highest BCUT2D eigenvalue weighted by Crippen LogP contribution is 2.68. The molecular weight excluding hydrogens is 628 g/mol. The van der Waals surface area contributed by atoms with Crippen molar-refractivity contribution in [2.75, 3.05) is 19.6 Å². The van der Waals surface area contributed by atoms with Gasteiger partial charge in [-0.05, 0) is 116 Å². The van der Waals surface area contributed by atoms with Crippen molar-refractivity contribution >= 4 is 11.6 Å². The van der Waals surface area contributed by atoms with E-state index in [9.17, 15) is 20.1 Å². The first-order chi connectivity index (χ1) is 21.0. The van der Waals surface area contributed by atoms with Crippen LogP contribution in [0.25, 0.3) is 0 Å². The summed E-state index contributed by atoms with van der Waals surface area (Å²) in [5.41, 5.74) is 1.21. The number of halogens is 1. The van der Waals surface area contributed by atoms with Crippen LogP contribution in [0.3, 0.4) is 0 Å². The van der Waals surface area contributed by atoms with Gasteiger partial charge in [0.15, 0.2) is 0 Å². The van der Waals surface area contributed by atoms with E-state index in [4.69, 9.17) is 0 Å². The Morgan fingerprint density at radius 2 is 1.73 bits per heavy atom. The molecule has 45 heavy (non-hydrogen) atoms. The highest BCUT2D eigenvalue weighted by atomic mass is 79.9. The Balaban J connectivity index is 0.00000400. The number of aliphatic hydroxyl groups excluding tert-OH is 3. The van der Waals surface area contributed by atoms with Crippen LogP contribution in [0, 0.1) is 46.3 Å². The number of nitrogens with one attached hydrogen (secondary N) is 1. The third-order valence-corrected chi connectivity index (χ3v) is 14.3. The average Bonchev–Trinajstić information content (AvgIpc) is 3.37. The molecule has 1 aromatic rings. The smallest absolute Gasteiger partial charge is 0.220 e. The minimum Gasteiger partial charge on any atom is -1.00 e. The average molecular weight is 688 g/mol. The third kappa shape index (κ3) is 6.23. The lowest BCUT2D eigenvalue weighted by Crippen LogP contribution is -3.00. The third-order valence-electron chi connectivity index (χ3n) is 14.3. The van der Waals surface area contributed by atoms with E-state index in [1.807, 2.05) is 6.08 Å². The molecule has 1 amide bonds. The summed E-state index contributed by atoms with van der Waals surface area (Å²) in [4.78, 5) is 13.2. The van der Waals surface area contributed by atoms with Crippen molar-refractivity contribution in [1.29, 1.82) is 0 Å². The van der Waals surface area contributed by atoms with E-state index < -0.39 is 0 Å². The van der Waals surface area contributed by atoms with Gasteiger partial charge in [-0.2, -0.15) is 0 Å². The molecule has 0 spiro atoms. The molecule has 4 N–H and O–H groups in total. The summed E-state index contributed by atoms with van der Waals surface area (Å²) in [6.07, 6.45) is 10.7. The number of piperidine rings is 1. The quantitative estimate of drug-likeness (QED) is 0.250. The zero-order chi connectivity index (χ0) is 31.3. The molecule has 7 heteroatoms. The van der Waals surface area contributed by atoms with Crippen molar-refractivity contribution in [3.8, 4) is 0 Å². The van der Waals surface area contributed by atoms with Gasteiger partial charge in [0.05, 0.1) is 31.4 Å². The second-order valence-electron chi connectivity index (χ2n) is 16.3. The fraction of sp³-hybridized carbons (Fsp3) is 0.763. The number of nitrogens with zero attached hydrogens (tertiary/aromatic N) is 1. The van der Waals surface area contributed by atoms with Gasteiger partial charge in [0.1, 0.15) is 12.2 Å². The van der Waals surface area contributed by atoms with Crippen molar-refractivity contribution in [1.82, 2.24) is 9.80 Å². The molecule has 252 valence electrons. The summed E-state index contributed by atoms with van der Waals surface area (Å²) in [5.74, 6) is 2.07. The van der Waals surface area contributed by atoms with E-state index in [0.29, 0.717) is 36.0 Å². The first-order valence-corrected chi connectivity index (χ1v) is 17.9. The molecule has 0 unspecified atom stereocenters. The van der Waals surface area contributed by atoms with E-state index in [1.165, 1.54) is 5.69 Å². The minimum absolute atomic E-state index is 0. The summed E-state index contributed by atoms with van der Waals surface area (Å²) >= 11 is 0. The number of fused-ring (bicyclic) bond motifs is 5. The van der Waals surface area contributed by atoms with Gasteiger partial charge >= 0.3 is 0 Å². The number of hydrogen-bond acceptors (Lipinski definition) is 4. The fourth-order valence-corrected chi connectivity index (χ4v) is 11.7. The number of para-hydroxylation sites is 1. The van der Waals surface area contributed by atoms with Crippen molar-refractivity contribution in [3.05, 3.63) is 43.0 Å². The van der Waals surface area contributed by atoms with Gasteiger partial charge in [0.25, 0.3) is 0 Å². The van der Waals surface area contributed by atoms with Crippen molar-refractivity contribution < 1.29 is 37.1 Å². The lowest BCUT2D eigenvalue weighted by atomic mass is 9.43. The molecule has 0 bridgehead atoms. The van der Waals surface area contributed by atoms with Crippen LogP contribution in [0.2, 0.25) is 0 Å². The van der Waals surface area contributed by atoms with E-state index in [-0.39, 0.29) is 64.0 Å². The molecule has 0 aromatic heterocycles. The largest absolute Gasteiger partial charge is 1.00 e. The van der Waals surface area contributed by atoms with Gasteiger partial charge in [0.2, 0.25) is 5.91 Å². The molecule has 4 saturated carbocycles. The lowest BCUT2D eigenvalue weighted by molar-refractivity contribution is -0.207. The molecular formula is C38H59BrN2O4.